The van der Waals surface area contributed by atoms with Crippen LogP contribution < -0.4 is 15.8 Å². The van der Waals surface area contributed by atoms with Crippen LogP contribution in [0.3, 0.4) is 0 Å². The van der Waals surface area contributed by atoms with Crippen molar-refractivity contribution in [2.45, 2.75) is 26.8 Å². The van der Waals surface area contributed by atoms with Crippen LogP contribution in [0.1, 0.15) is 25.8 Å². The smallest absolute Gasteiger partial charge is 0.253 e. The van der Waals surface area contributed by atoms with Gasteiger partial charge in [-0.1, -0.05) is 43.3 Å². The molecule has 0 radical (unpaired) electrons. The summed E-state index contributed by atoms with van der Waals surface area (Å²) in [6, 6.07) is 13.3. The highest BCUT2D eigenvalue weighted by Crippen LogP contribution is 2.24. The fraction of sp³-hybridized carbons (Fsp3) is 0.190. The summed E-state index contributed by atoms with van der Waals surface area (Å²) in [5.41, 5.74) is 7.53. The minimum absolute atomic E-state index is 0.155. The number of carbonyl (C=O) groups is 1. The first-order chi connectivity index (χ1) is 12.5. The molecule has 0 heterocycles. The molecule has 0 aromatic heterocycles. The lowest BCUT2D eigenvalue weighted by Gasteiger charge is -2.10. The summed E-state index contributed by atoms with van der Waals surface area (Å²) >= 11 is 0. The van der Waals surface area contributed by atoms with E-state index in [1.54, 1.807) is 49.4 Å². The van der Waals surface area contributed by atoms with E-state index >= 15 is 0 Å². The van der Waals surface area contributed by atoms with Crippen molar-refractivity contribution >= 4 is 5.91 Å². The topological polar surface area (TPSA) is 64.3 Å². The summed E-state index contributed by atoms with van der Waals surface area (Å²) in [5, 5.41) is 2.83. The molecular formula is C21H23FN2O2. The molecule has 0 saturated heterocycles. The van der Waals surface area contributed by atoms with Gasteiger partial charge in [0.25, 0.3) is 5.91 Å². The molecule has 0 aliphatic carbocycles. The third-order valence-electron chi connectivity index (χ3n) is 3.61. The van der Waals surface area contributed by atoms with Gasteiger partial charge in [0.1, 0.15) is 5.75 Å². The highest BCUT2D eigenvalue weighted by molar-refractivity contribution is 5.96. The van der Waals surface area contributed by atoms with Crippen molar-refractivity contribution in [3.05, 3.63) is 83.3 Å². The third kappa shape index (κ3) is 5.48. The third-order valence-corrected chi connectivity index (χ3v) is 3.61. The Morgan fingerprint density at radius 1 is 1.23 bits per heavy atom. The number of rotatable bonds is 7. The number of amides is 1. The number of carbonyl (C=O) groups excluding carboxylic acids is 1. The van der Waals surface area contributed by atoms with E-state index in [1.165, 1.54) is 6.07 Å². The number of ether oxygens (including phenoxy) is 1. The molecule has 0 saturated carbocycles. The summed E-state index contributed by atoms with van der Waals surface area (Å²) in [5.74, 6) is -0.0156. The number of hydrogen-bond acceptors (Lipinski definition) is 3. The standard InChI is InChI=1S/C21H23FN2O2/c1-3-4-10-18(15(2)23)21(25)24-14-16-8-7-9-17(13-16)26-20-12-6-5-11-19(20)22/h4-13H,3,14,23H2,1-2H3,(H,24,25)/b10-4-,18-15-. The van der Waals surface area contributed by atoms with E-state index in [1.807, 2.05) is 19.1 Å². The van der Waals surface area contributed by atoms with E-state index in [-0.39, 0.29) is 11.7 Å². The predicted octanol–water partition coefficient (Wildman–Crippen LogP) is 4.43. The van der Waals surface area contributed by atoms with Gasteiger partial charge >= 0.3 is 0 Å². The van der Waals surface area contributed by atoms with Gasteiger partial charge < -0.3 is 15.8 Å². The molecule has 2 aromatic rings. The Balaban J connectivity index is 2.05. The Kier molecular flexibility index (Phi) is 6.97. The summed E-state index contributed by atoms with van der Waals surface area (Å²) < 4.78 is 19.3. The van der Waals surface area contributed by atoms with Gasteiger partial charge in [0.05, 0.1) is 5.57 Å². The van der Waals surface area contributed by atoms with Crippen molar-refractivity contribution < 1.29 is 13.9 Å². The van der Waals surface area contributed by atoms with Crippen LogP contribution in [0.5, 0.6) is 11.5 Å². The van der Waals surface area contributed by atoms with Crippen molar-refractivity contribution in [3.8, 4) is 11.5 Å². The van der Waals surface area contributed by atoms with Crippen LogP contribution in [0.4, 0.5) is 4.39 Å². The summed E-state index contributed by atoms with van der Waals surface area (Å²) in [6.45, 7) is 3.99. The number of allylic oxidation sites excluding steroid dienone is 2. The maximum Gasteiger partial charge on any atom is 0.253 e. The Labute approximate surface area is 153 Å². The zero-order valence-electron chi connectivity index (χ0n) is 15.0. The summed E-state index contributed by atoms with van der Waals surface area (Å²) in [6.07, 6.45) is 4.43. The molecule has 2 aromatic carbocycles. The summed E-state index contributed by atoms with van der Waals surface area (Å²) in [7, 11) is 0. The van der Waals surface area contributed by atoms with E-state index in [2.05, 4.69) is 5.32 Å². The van der Waals surface area contributed by atoms with Crippen LogP contribution in [0.15, 0.2) is 72.0 Å². The van der Waals surface area contributed by atoms with E-state index in [4.69, 9.17) is 10.5 Å². The molecule has 0 aliphatic rings. The van der Waals surface area contributed by atoms with Crippen LogP contribution >= 0.6 is 0 Å². The average Bonchev–Trinajstić information content (AvgIpc) is 2.62. The van der Waals surface area contributed by atoms with E-state index in [0.717, 1.165) is 12.0 Å². The monoisotopic (exact) mass is 354 g/mol. The van der Waals surface area contributed by atoms with Gasteiger partial charge in [-0.15, -0.1) is 0 Å². The van der Waals surface area contributed by atoms with Crippen LogP contribution in [0.2, 0.25) is 0 Å². The highest BCUT2D eigenvalue weighted by atomic mass is 19.1. The number of benzene rings is 2. The first-order valence-electron chi connectivity index (χ1n) is 8.43. The molecule has 0 bridgehead atoms. The lowest BCUT2D eigenvalue weighted by Crippen LogP contribution is -2.25. The van der Waals surface area contributed by atoms with Crippen LogP contribution in [-0.4, -0.2) is 5.91 Å². The second-order valence-electron chi connectivity index (χ2n) is 5.77. The molecule has 0 unspecified atom stereocenters. The van der Waals surface area contributed by atoms with Crippen molar-refractivity contribution in [1.29, 1.82) is 0 Å². The molecule has 2 rings (SSSR count). The molecule has 0 aliphatic heterocycles. The molecule has 5 heteroatoms. The Bertz CT molecular complexity index is 824. The molecule has 0 fully saturated rings. The van der Waals surface area contributed by atoms with Crippen LogP contribution in [0, 0.1) is 5.82 Å². The highest BCUT2D eigenvalue weighted by Gasteiger charge is 2.09. The van der Waals surface area contributed by atoms with Crippen molar-refractivity contribution in [1.82, 2.24) is 5.32 Å². The Hall–Kier alpha value is -3.08. The molecule has 3 N–H and O–H groups in total. The quantitative estimate of drug-likeness (QED) is 0.571. The minimum atomic E-state index is -0.429. The van der Waals surface area contributed by atoms with Crippen molar-refractivity contribution in [2.75, 3.05) is 0 Å². The molecule has 4 nitrogen and oxygen atoms in total. The van der Waals surface area contributed by atoms with Crippen molar-refractivity contribution in [2.24, 2.45) is 5.73 Å². The van der Waals surface area contributed by atoms with Gasteiger partial charge in [-0.2, -0.15) is 0 Å². The van der Waals surface area contributed by atoms with Gasteiger partial charge in [-0.05, 0) is 43.2 Å². The predicted molar refractivity (Wildman–Crippen MR) is 101 cm³/mol. The lowest BCUT2D eigenvalue weighted by atomic mass is 10.1. The lowest BCUT2D eigenvalue weighted by molar-refractivity contribution is -0.117. The molecule has 0 atom stereocenters. The van der Waals surface area contributed by atoms with Gasteiger partial charge in [-0.3, -0.25) is 4.79 Å². The fourth-order valence-corrected chi connectivity index (χ4v) is 2.27. The fourth-order valence-electron chi connectivity index (χ4n) is 2.27. The zero-order chi connectivity index (χ0) is 18.9. The van der Waals surface area contributed by atoms with E-state index in [9.17, 15) is 9.18 Å². The van der Waals surface area contributed by atoms with Crippen LogP contribution in [0.25, 0.3) is 0 Å². The van der Waals surface area contributed by atoms with Gasteiger partial charge in [0.15, 0.2) is 11.6 Å². The first-order valence-corrected chi connectivity index (χ1v) is 8.43. The molecule has 0 spiro atoms. The first kappa shape index (κ1) is 19.2. The number of hydrogen-bond donors (Lipinski definition) is 2. The number of halogens is 1. The maximum atomic E-state index is 13.7. The molecule has 136 valence electrons. The maximum absolute atomic E-state index is 13.7. The largest absolute Gasteiger partial charge is 0.454 e. The van der Waals surface area contributed by atoms with Gasteiger partial charge in [0, 0.05) is 12.2 Å². The second kappa shape index (κ2) is 9.42. The number of para-hydroxylation sites is 1. The minimum Gasteiger partial charge on any atom is -0.454 e. The average molecular weight is 354 g/mol. The molecule has 26 heavy (non-hydrogen) atoms. The van der Waals surface area contributed by atoms with Gasteiger partial charge in [-0.25, -0.2) is 4.39 Å². The van der Waals surface area contributed by atoms with E-state index < -0.39 is 5.82 Å². The van der Waals surface area contributed by atoms with Crippen LogP contribution in [-0.2, 0) is 11.3 Å². The zero-order valence-corrected chi connectivity index (χ0v) is 15.0. The SMILES string of the molecule is CC/C=C\C(C(=O)NCc1cccc(Oc2ccccc2F)c1)=C(/C)N. The van der Waals surface area contributed by atoms with E-state index in [0.29, 0.717) is 23.6 Å². The summed E-state index contributed by atoms with van der Waals surface area (Å²) in [4.78, 5) is 12.3. The van der Waals surface area contributed by atoms with Crippen molar-refractivity contribution in [3.63, 3.8) is 0 Å². The Morgan fingerprint density at radius 2 is 2.00 bits per heavy atom. The number of nitrogens with two attached hydrogens (primary N) is 1. The second-order valence-corrected chi connectivity index (χ2v) is 5.77. The molecular weight excluding hydrogens is 331 g/mol. The van der Waals surface area contributed by atoms with Gasteiger partial charge in [0.2, 0.25) is 0 Å². The normalized spacial score (nSPS) is 12.0. The molecule has 1 amide bonds. The Morgan fingerprint density at radius 3 is 2.69 bits per heavy atom. The number of nitrogens with one attached hydrogen (secondary N) is 1.